The van der Waals surface area contributed by atoms with Crippen molar-refractivity contribution < 1.29 is 0 Å². The minimum atomic E-state index is 0.642. The van der Waals surface area contributed by atoms with Gasteiger partial charge in [-0.25, -0.2) is 0 Å². The van der Waals surface area contributed by atoms with Gasteiger partial charge in [0.2, 0.25) is 0 Å². The van der Waals surface area contributed by atoms with Gasteiger partial charge >= 0.3 is 0 Å². The second-order valence-corrected chi connectivity index (χ2v) is 4.23. The van der Waals surface area contributed by atoms with E-state index in [1.54, 1.807) is 0 Å². The van der Waals surface area contributed by atoms with Gasteiger partial charge in [-0.15, -0.1) is 12.8 Å². The lowest BCUT2D eigenvalue weighted by Crippen LogP contribution is -1.74. The minimum absolute atomic E-state index is 0.642. The molecule has 64 valence electrons. The highest BCUT2D eigenvalue weighted by molar-refractivity contribution is 8.04. The third kappa shape index (κ3) is 2.94. The summed E-state index contributed by atoms with van der Waals surface area (Å²) in [5.74, 6) is 0. The number of hydrogen-bond donors (Lipinski definition) is 0. The lowest BCUT2D eigenvalue weighted by molar-refractivity contribution is 1.36. The van der Waals surface area contributed by atoms with E-state index in [1.807, 2.05) is 18.2 Å². The lowest BCUT2D eigenvalue weighted by atomic mass is 10.4. The zero-order valence-electron chi connectivity index (χ0n) is 6.58. The van der Waals surface area contributed by atoms with Crippen molar-refractivity contribution in [3.05, 3.63) is 23.2 Å². The molecule has 0 nitrogen and oxygen atoms in total. The van der Waals surface area contributed by atoms with Gasteiger partial charge in [0, 0.05) is 9.79 Å². The Labute approximate surface area is 91.4 Å². The monoisotopic (exact) mass is 224 g/mol. The van der Waals surface area contributed by atoms with Gasteiger partial charge in [0.05, 0.1) is 5.02 Å². The highest BCUT2D eigenvalue weighted by atomic mass is 35.5. The summed E-state index contributed by atoms with van der Waals surface area (Å²) in [6.45, 7) is 0. The summed E-state index contributed by atoms with van der Waals surface area (Å²) >= 11 is 8.51. The molecule has 0 saturated heterocycles. The van der Waals surface area contributed by atoms with Crippen LogP contribution >= 0.6 is 35.1 Å². The Bertz CT molecular complexity index is 385. The van der Waals surface area contributed by atoms with Crippen LogP contribution in [0, 0.1) is 23.4 Å². The number of thioether (sulfide) groups is 2. The fourth-order valence-corrected chi connectivity index (χ4v) is 1.99. The number of terminal acetylenes is 2. The molecule has 0 saturated carbocycles. The molecule has 0 aromatic heterocycles. The van der Waals surface area contributed by atoms with Crippen LogP contribution in [0.15, 0.2) is 28.0 Å². The molecular weight excluding hydrogens is 220 g/mol. The maximum atomic E-state index is 5.95. The van der Waals surface area contributed by atoms with Crippen molar-refractivity contribution in [2.24, 2.45) is 0 Å². The van der Waals surface area contributed by atoms with Gasteiger partial charge in [-0.3, -0.25) is 0 Å². The van der Waals surface area contributed by atoms with Crippen LogP contribution in [0.5, 0.6) is 0 Å². The van der Waals surface area contributed by atoms with E-state index >= 15 is 0 Å². The van der Waals surface area contributed by atoms with Crippen LogP contribution < -0.4 is 0 Å². The van der Waals surface area contributed by atoms with Crippen molar-refractivity contribution in [2.45, 2.75) is 9.79 Å². The fourth-order valence-electron chi connectivity index (χ4n) is 0.759. The summed E-state index contributed by atoms with van der Waals surface area (Å²) in [5.41, 5.74) is 0. The molecule has 3 heteroatoms. The molecule has 1 aromatic carbocycles. The fraction of sp³-hybridized carbons (Fsp3) is 0. The van der Waals surface area contributed by atoms with Crippen molar-refractivity contribution >= 4 is 35.1 Å². The van der Waals surface area contributed by atoms with Gasteiger partial charge in [0.1, 0.15) is 0 Å². The van der Waals surface area contributed by atoms with E-state index in [4.69, 9.17) is 24.4 Å². The van der Waals surface area contributed by atoms with E-state index < -0.39 is 0 Å². The molecule has 0 unspecified atom stereocenters. The van der Waals surface area contributed by atoms with Crippen LogP contribution in [0.2, 0.25) is 5.02 Å². The Morgan fingerprint density at radius 3 is 2.38 bits per heavy atom. The van der Waals surface area contributed by atoms with Crippen LogP contribution in [0.4, 0.5) is 0 Å². The second-order valence-electron chi connectivity index (χ2n) is 2.03. The zero-order valence-corrected chi connectivity index (χ0v) is 8.97. The van der Waals surface area contributed by atoms with Crippen molar-refractivity contribution in [3.8, 4) is 23.4 Å². The third-order valence-electron chi connectivity index (χ3n) is 1.25. The van der Waals surface area contributed by atoms with Crippen LogP contribution in [0.25, 0.3) is 0 Å². The van der Waals surface area contributed by atoms with Gasteiger partial charge in [0.25, 0.3) is 0 Å². The molecule has 0 heterocycles. The summed E-state index contributed by atoms with van der Waals surface area (Å²) in [4.78, 5) is 1.83. The first-order chi connectivity index (χ1) is 6.27. The van der Waals surface area contributed by atoms with Crippen LogP contribution in [0.3, 0.4) is 0 Å². The maximum absolute atomic E-state index is 5.95. The Morgan fingerprint density at radius 1 is 1.15 bits per heavy atom. The smallest absolute Gasteiger partial charge is 0.0563 e. The summed E-state index contributed by atoms with van der Waals surface area (Å²) in [6, 6.07) is 5.58. The van der Waals surface area contributed by atoms with Crippen LogP contribution in [-0.4, -0.2) is 0 Å². The Kier molecular flexibility index (Phi) is 4.12. The average molecular weight is 225 g/mol. The maximum Gasteiger partial charge on any atom is 0.0563 e. The molecule has 1 rings (SSSR count). The van der Waals surface area contributed by atoms with Gasteiger partial charge < -0.3 is 0 Å². The Balaban J connectivity index is 2.94. The summed E-state index contributed by atoms with van der Waals surface area (Å²) in [6.07, 6.45) is 10.3. The molecule has 0 N–H and O–H groups in total. The molecule has 0 aliphatic carbocycles. The summed E-state index contributed by atoms with van der Waals surface area (Å²) in [5, 5.41) is 5.58. The molecular formula is C10H5ClS2. The molecule has 0 atom stereocenters. The first kappa shape index (κ1) is 10.4. The average Bonchev–Trinajstić information content (AvgIpc) is 2.10. The number of halogens is 1. The standard InChI is InChI=1S/C10H5ClS2/c1-3-12-8-5-6-10(13-4-2)9(11)7-8/h1-2,5-7H. The first-order valence-corrected chi connectivity index (χ1v) is 5.33. The van der Waals surface area contributed by atoms with E-state index in [0.29, 0.717) is 5.02 Å². The number of hydrogen-bond acceptors (Lipinski definition) is 2. The predicted octanol–water partition coefficient (Wildman–Crippen LogP) is 3.71. The molecule has 0 radical (unpaired) electrons. The predicted molar refractivity (Wildman–Crippen MR) is 60.8 cm³/mol. The quantitative estimate of drug-likeness (QED) is 0.555. The molecule has 0 bridgehead atoms. The molecule has 1 aromatic rings. The van der Waals surface area contributed by atoms with Crippen molar-refractivity contribution in [2.75, 3.05) is 0 Å². The SMILES string of the molecule is C#CSc1ccc(SC#C)c(Cl)c1. The van der Waals surface area contributed by atoms with Gasteiger partial charge in [0.15, 0.2) is 0 Å². The molecule has 13 heavy (non-hydrogen) atoms. The molecule has 0 aliphatic rings. The van der Waals surface area contributed by atoms with E-state index in [2.05, 4.69) is 10.5 Å². The topological polar surface area (TPSA) is 0 Å². The third-order valence-corrected chi connectivity index (χ3v) is 2.98. The van der Waals surface area contributed by atoms with Crippen molar-refractivity contribution in [3.63, 3.8) is 0 Å². The highest BCUT2D eigenvalue weighted by Gasteiger charge is 2.00. The normalized spacial score (nSPS) is 8.85. The second kappa shape index (κ2) is 5.14. The zero-order chi connectivity index (χ0) is 9.68. The van der Waals surface area contributed by atoms with E-state index in [-0.39, 0.29) is 0 Å². The lowest BCUT2D eigenvalue weighted by Gasteiger charge is -2.00. The van der Waals surface area contributed by atoms with Crippen molar-refractivity contribution in [1.82, 2.24) is 0 Å². The van der Waals surface area contributed by atoms with Crippen LogP contribution in [0.1, 0.15) is 0 Å². The van der Waals surface area contributed by atoms with E-state index in [0.717, 1.165) is 9.79 Å². The van der Waals surface area contributed by atoms with Gasteiger partial charge in [-0.05, 0) is 52.2 Å². The van der Waals surface area contributed by atoms with Gasteiger partial charge in [-0.2, -0.15) is 0 Å². The number of rotatable bonds is 2. The Morgan fingerprint density at radius 2 is 1.85 bits per heavy atom. The Hall–Kier alpha value is -0.670. The van der Waals surface area contributed by atoms with Crippen molar-refractivity contribution in [1.29, 1.82) is 0 Å². The van der Waals surface area contributed by atoms with E-state index in [1.165, 1.54) is 23.5 Å². The molecule has 0 aliphatic heterocycles. The molecule has 0 amide bonds. The summed E-state index contributed by atoms with van der Waals surface area (Å²) in [7, 11) is 0. The molecule has 0 fully saturated rings. The first-order valence-electron chi connectivity index (χ1n) is 3.32. The van der Waals surface area contributed by atoms with Gasteiger partial charge in [-0.1, -0.05) is 11.6 Å². The highest BCUT2D eigenvalue weighted by Crippen LogP contribution is 2.30. The van der Waals surface area contributed by atoms with E-state index in [9.17, 15) is 0 Å². The number of benzene rings is 1. The minimum Gasteiger partial charge on any atom is -0.108 e. The molecule has 0 spiro atoms. The summed E-state index contributed by atoms with van der Waals surface area (Å²) < 4.78 is 0. The van der Waals surface area contributed by atoms with Crippen LogP contribution in [-0.2, 0) is 0 Å². The largest absolute Gasteiger partial charge is 0.108 e.